The predicted molar refractivity (Wildman–Crippen MR) is 66.2 cm³/mol. The van der Waals surface area contributed by atoms with Crippen molar-refractivity contribution in [2.24, 2.45) is 11.8 Å². The SMILES string of the molecule is C=CCC(CC=C)C[NH2+]CCC(C)C(=O)O.[Cl-]. The molecule has 0 saturated heterocycles. The van der Waals surface area contributed by atoms with E-state index in [1.54, 1.807) is 6.92 Å². The topological polar surface area (TPSA) is 53.9 Å². The van der Waals surface area contributed by atoms with Crippen molar-refractivity contribution in [3.05, 3.63) is 25.3 Å². The summed E-state index contributed by atoms with van der Waals surface area (Å²) in [5, 5.41) is 10.9. The van der Waals surface area contributed by atoms with Crippen LogP contribution in [0.2, 0.25) is 0 Å². The number of nitrogens with two attached hydrogens (primary N) is 1. The maximum absolute atomic E-state index is 10.6. The van der Waals surface area contributed by atoms with Crippen LogP contribution in [0.15, 0.2) is 25.3 Å². The van der Waals surface area contributed by atoms with Gasteiger partial charge in [0.2, 0.25) is 0 Å². The highest BCUT2D eigenvalue weighted by atomic mass is 35.5. The van der Waals surface area contributed by atoms with Crippen molar-refractivity contribution < 1.29 is 27.6 Å². The molecule has 0 fully saturated rings. The van der Waals surface area contributed by atoms with Crippen molar-refractivity contribution in [1.82, 2.24) is 0 Å². The van der Waals surface area contributed by atoms with Crippen molar-refractivity contribution in [2.45, 2.75) is 26.2 Å². The van der Waals surface area contributed by atoms with E-state index in [9.17, 15) is 4.79 Å². The first-order valence-corrected chi connectivity index (χ1v) is 5.88. The third-order valence-corrected chi connectivity index (χ3v) is 2.73. The maximum Gasteiger partial charge on any atom is 0.306 e. The summed E-state index contributed by atoms with van der Waals surface area (Å²) in [6.07, 6.45) is 6.59. The highest BCUT2D eigenvalue weighted by molar-refractivity contribution is 5.69. The summed E-state index contributed by atoms with van der Waals surface area (Å²) in [5.41, 5.74) is 0. The summed E-state index contributed by atoms with van der Waals surface area (Å²) in [6, 6.07) is 0. The van der Waals surface area contributed by atoms with E-state index in [2.05, 4.69) is 18.5 Å². The first kappa shape index (κ1) is 18.6. The molecule has 0 spiro atoms. The van der Waals surface area contributed by atoms with Crippen LogP contribution in [0.5, 0.6) is 0 Å². The zero-order chi connectivity index (χ0) is 12.4. The van der Waals surface area contributed by atoms with E-state index >= 15 is 0 Å². The molecule has 0 saturated carbocycles. The number of allylic oxidation sites excluding steroid dienone is 2. The summed E-state index contributed by atoms with van der Waals surface area (Å²) < 4.78 is 0. The number of hydrogen-bond donors (Lipinski definition) is 2. The summed E-state index contributed by atoms with van der Waals surface area (Å²) >= 11 is 0. The first-order chi connectivity index (χ1) is 7.61. The second-order valence-corrected chi connectivity index (χ2v) is 4.26. The first-order valence-electron chi connectivity index (χ1n) is 5.88. The minimum Gasteiger partial charge on any atom is -1.00 e. The molecule has 1 unspecified atom stereocenters. The Hall–Kier alpha value is -0.800. The van der Waals surface area contributed by atoms with Crippen LogP contribution in [0.25, 0.3) is 0 Å². The lowest BCUT2D eigenvalue weighted by Crippen LogP contribution is -3.00. The molecule has 0 bridgehead atoms. The van der Waals surface area contributed by atoms with Crippen LogP contribution in [0, 0.1) is 11.8 Å². The Kier molecular flexibility index (Phi) is 12.8. The lowest BCUT2D eigenvalue weighted by atomic mass is 10.0. The van der Waals surface area contributed by atoms with Gasteiger partial charge in [0.25, 0.3) is 0 Å². The molecule has 0 aromatic heterocycles. The molecule has 4 heteroatoms. The van der Waals surface area contributed by atoms with Crippen molar-refractivity contribution in [3.8, 4) is 0 Å². The van der Waals surface area contributed by atoms with E-state index in [0.717, 1.165) is 32.4 Å². The van der Waals surface area contributed by atoms with Crippen molar-refractivity contribution >= 4 is 5.97 Å². The van der Waals surface area contributed by atoms with Gasteiger partial charge in [-0.1, -0.05) is 19.1 Å². The Bertz CT molecular complexity index is 221. The van der Waals surface area contributed by atoms with Gasteiger partial charge in [-0.25, -0.2) is 0 Å². The number of halogens is 1. The number of carbonyl (C=O) groups is 1. The molecule has 0 amide bonds. The molecule has 0 aliphatic rings. The molecular weight excluding hydrogens is 238 g/mol. The lowest BCUT2D eigenvalue weighted by molar-refractivity contribution is -0.661. The third kappa shape index (κ3) is 10.1. The van der Waals surface area contributed by atoms with Gasteiger partial charge in [0.1, 0.15) is 0 Å². The zero-order valence-electron chi connectivity index (χ0n) is 10.6. The van der Waals surface area contributed by atoms with Crippen molar-refractivity contribution in [2.75, 3.05) is 13.1 Å². The Morgan fingerprint density at radius 1 is 1.35 bits per heavy atom. The largest absolute Gasteiger partial charge is 1.00 e. The molecule has 1 atom stereocenters. The second-order valence-electron chi connectivity index (χ2n) is 4.26. The Morgan fingerprint density at radius 2 is 1.88 bits per heavy atom. The van der Waals surface area contributed by atoms with E-state index in [4.69, 9.17) is 5.11 Å². The predicted octanol–water partition coefficient (Wildman–Crippen LogP) is -1.57. The van der Waals surface area contributed by atoms with Gasteiger partial charge in [-0.2, -0.15) is 0 Å². The van der Waals surface area contributed by atoms with Crippen LogP contribution < -0.4 is 17.7 Å². The minimum absolute atomic E-state index is 0. The number of hydrogen-bond acceptors (Lipinski definition) is 1. The molecule has 0 heterocycles. The van der Waals surface area contributed by atoms with Gasteiger partial charge in [-0.15, -0.1) is 13.2 Å². The number of rotatable bonds is 10. The Balaban J connectivity index is 0. The molecule has 3 nitrogen and oxygen atoms in total. The average Bonchev–Trinajstić information content (AvgIpc) is 2.24. The van der Waals surface area contributed by atoms with E-state index < -0.39 is 5.97 Å². The molecule has 0 radical (unpaired) electrons. The van der Waals surface area contributed by atoms with Crippen LogP contribution in [0.4, 0.5) is 0 Å². The highest BCUT2D eigenvalue weighted by Gasteiger charge is 2.12. The third-order valence-electron chi connectivity index (χ3n) is 2.73. The molecule has 3 N–H and O–H groups in total. The fraction of sp³-hybridized carbons (Fsp3) is 0.615. The smallest absolute Gasteiger partial charge is 0.306 e. The molecule has 0 aliphatic heterocycles. The van der Waals surface area contributed by atoms with Gasteiger partial charge in [0.05, 0.1) is 19.0 Å². The van der Waals surface area contributed by atoms with Gasteiger partial charge >= 0.3 is 5.97 Å². The molecule has 0 aliphatic carbocycles. The fourth-order valence-corrected chi connectivity index (χ4v) is 1.60. The molecule has 0 aromatic rings. The van der Waals surface area contributed by atoms with Crippen LogP contribution in [-0.4, -0.2) is 24.2 Å². The van der Waals surface area contributed by atoms with Crippen LogP contribution in [0.1, 0.15) is 26.2 Å². The Labute approximate surface area is 110 Å². The van der Waals surface area contributed by atoms with Crippen LogP contribution >= 0.6 is 0 Å². The molecular formula is C13H24ClNO2. The van der Waals surface area contributed by atoms with Gasteiger partial charge in [0.15, 0.2) is 0 Å². The zero-order valence-corrected chi connectivity index (χ0v) is 11.3. The van der Waals surface area contributed by atoms with E-state index in [-0.39, 0.29) is 18.3 Å². The number of quaternary nitrogens is 1. The standard InChI is InChI=1S/C13H23NO2.ClH/c1-4-6-12(7-5-2)10-14-9-8-11(3)13(15)16;/h4-5,11-12,14H,1-2,6-10H2,3H3,(H,15,16);1H. The summed E-state index contributed by atoms with van der Waals surface area (Å²) in [4.78, 5) is 10.6. The second kappa shape index (κ2) is 11.7. The number of aliphatic carboxylic acids is 1. The monoisotopic (exact) mass is 261 g/mol. The summed E-state index contributed by atoms with van der Waals surface area (Å²) in [5.74, 6) is -0.370. The highest BCUT2D eigenvalue weighted by Crippen LogP contribution is 2.06. The summed E-state index contributed by atoms with van der Waals surface area (Å²) in [7, 11) is 0. The fourth-order valence-electron chi connectivity index (χ4n) is 1.60. The molecule has 0 rings (SSSR count). The number of carboxylic acid groups (broad SMARTS) is 1. The maximum atomic E-state index is 10.6. The average molecular weight is 262 g/mol. The molecule has 0 aromatic carbocycles. The molecule has 17 heavy (non-hydrogen) atoms. The number of carboxylic acids is 1. The summed E-state index contributed by atoms with van der Waals surface area (Å²) in [6.45, 7) is 11.1. The van der Waals surface area contributed by atoms with Gasteiger partial charge in [-0.3, -0.25) is 4.79 Å². The van der Waals surface area contributed by atoms with E-state index in [1.807, 2.05) is 12.2 Å². The van der Waals surface area contributed by atoms with Gasteiger partial charge < -0.3 is 22.8 Å². The van der Waals surface area contributed by atoms with Crippen molar-refractivity contribution in [1.29, 1.82) is 0 Å². The molecule has 100 valence electrons. The minimum atomic E-state index is -0.706. The van der Waals surface area contributed by atoms with Crippen LogP contribution in [-0.2, 0) is 4.79 Å². The van der Waals surface area contributed by atoms with E-state index in [0.29, 0.717) is 5.92 Å². The van der Waals surface area contributed by atoms with Gasteiger partial charge in [-0.05, 0) is 12.8 Å². The Morgan fingerprint density at radius 3 is 2.29 bits per heavy atom. The van der Waals surface area contributed by atoms with Crippen LogP contribution in [0.3, 0.4) is 0 Å². The van der Waals surface area contributed by atoms with E-state index in [1.165, 1.54) is 0 Å². The normalized spacial score (nSPS) is 11.6. The quantitative estimate of drug-likeness (QED) is 0.369. The van der Waals surface area contributed by atoms with Crippen molar-refractivity contribution in [3.63, 3.8) is 0 Å². The van der Waals surface area contributed by atoms with Gasteiger partial charge in [0, 0.05) is 12.3 Å². The lowest BCUT2D eigenvalue weighted by Gasteiger charge is -2.12.